The van der Waals surface area contributed by atoms with Gasteiger partial charge in [0.15, 0.2) is 5.96 Å². The second-order valence-corrected chi connectivity index (χ2v) is 8.56. The zero-order valence-electron chi connectivity index (χ0n) is 17.4. The fraction of sp³-hybridized carbons (Fsp3) is 0.619. The van der Waals surface area contributed by atoms with Crippen LogP contribution in [0.3, 0.4) is 0 Å². The molecule has 0 bridgehead atoms. The average molecular weight is 535 g/mol. The molecule has 0 heterocycles. The van der Waals surface area contributed by atoms with Crippen LogP contribution in [0.4, 0.5) is 0 Å². The van der Waals surface area contributed by atoms with Crippen LogP contribution < -0.4 is 10.6 Å². The number of hydrogen-bond donors (Lipinski definition) is 2. The Labute approximate surface area is 194 Å². The average Bonchev–Trinajstić information content (AvgIpc) is 2.69. The van der Waals surface area contributed by atoms with Gasteiger partial charge in [-0.2, -0.15) is 0 Å². The smallest absolute Gasteiger partial charge is 0.308 e. The predicted octanol–water partition coefficient (Wildman–Crippen LogP) is 3.23. The van der Waals surface area contributed by atoms with Crippen LogP contribution in [-0.2, 0) is 26.1 Å². The highest BCUT2D eigenvalue weighted by atomic mass is 127. The Morgan fingerprint density at radius 2 is 1.86 bits per heavy atom. The molecule has 1 unspecified atom stereocenters. The van der Waals surface area contributed by atoms with E-state index in [1.165, 1.54) is 0 Å². The van der Waals surface area contributed by atoms with Gasteiger partial charge in [0, 0.05) is 34.9 Å². The van der Waals surface area contributed by atoms with Gasteiger partial charge in [0.25, 0.3) is 0 Å². The van der Waals surface area contributed by atoms with Crippen LogP contribution in [0.5, 0.6) is 0 Å². The Hall–Kier alpha value is -1.16. The van der Waals surface area contributed by atoms with E-state index >= 15 is 0 Å². The van der Waals surface area contributed by atoms with Crippen molar-refractivity contribution in [1.29, 1.82) is 0 Å². The third-order valence-corrected chi connectivity index (χ3v) is 6.08. The number of esters is 1. The van der Waals surface area contributed by atoms with Crippen molar-refractivity contribution < 1.29 is 13.7 Å². The van der Waals surface area contributed by atoms with E-state index < -0.39 is 10.8 Å². The monoisotopic (exact) mass is 535 g/mol. The number of aliphatic imine (C=N–C) groups is 1. The van der Waals surface area contributed by atoms with Crippen molar-refractivity contribution in [2.75, 3.05) is 25.4 Å². The molecule has 1 fully saturated rings. The first-order valence-corrected chi connectivity index (χ1v) is 11.7. The quantitative estimate of drug-likeness (QED) is 0.220. The van der Waals surface area contributed by atoms with Gasteiger partial charge in [-0.05, 0) is 45.1 Å². The minimum atomic E-state index is -0.924. The Morgan fingerprint density at radius 3 is 2.48 bits per heavy atom. The van der Waals surface area contributed by atoms with Gasteiger partial charge < -0.3 is 15.4 Å². The number of rotatable bonds is 9. The molecule has 1 atom stereocenters. The molecular formula is C21H34IN3O3S. The number of hydrogen-bond acceptors (Lipinski definition) is 4. The first-order chi connectivity index (χ1) is 13.6. The molecule has 8 heteroatoms. The molecule has 0 amide bonds. The zero-order chi connectivity index (χ0) is 20.2. The molecule has 164 valence electrons. The van der Waals surface area contributed by atoms with Crippen molar-refractivity contribution in [3.63, 3.8) is 0 Å². The van der Waals surface area contributed by atoms with Crippen LogP contribution in [-0.4, -0.2) is 47.6 Å². The van der Waals surface area contributed by atoms with Crippen LogP contribution >= 0.6 is 24.0 Å². The summed E-state index contributed by atoms with van der Waals surface area (Å²) in [6.45, 7) is 5.61. The molecule has 6 nitrogen and oxygen atoms in total. The summed E-state index contributed by atoms with van der Waals surface area (Å²) in [6.07, 6.45) is 3.54. The summed E-state index contributed by atoms with van der Waals surface area (Å²) in [6, 6.07) is 10.2. The number of carbonyl (C=O) groups is 1. The summed E-state index contributed by atoms with van der Waals surface area (Å²) in [5.41, 5.74) is 1.09. The molecule has 2 N–H and O–H groups in total. The van der Waals surface area contributed by atoms with E-state index in [-0.39, 0.29) is 35.9 Å². The topological polar surface area (TPSA) is 79.8 Å². The Bertz CT molecular complexity index is 650. The highest BCUT2D eigenvalue weighted by Gasteiger charge is 2.27. The fourth-order valence-electron chi connectivity index (χ4n) is 3.34. The summed E-state index contributed by atoms with van der Waals surface area (Å²) < 4.78 is 17.4. The number of nitrogens with zero attached hydrogens (tertiary/aromatic N) is 1. The van der Waals surface area contributed by atoms with Crippen molar-refractivity contribution in [3.8, 4) is 0 Å². The van der Waals surface area contributed by atoms with E-state index in [0.29, 0.717) is 30.7 Å². The molecule has 0 spiro atoms. The lowest BCUT2D eigenvalue weighted by Gasteiger charge is -2.29. The molecule has 1 aliphatic rings. The number of carbonyl (C=O) groups excluding carboxylic acids is 1. The fourth-order valence-corrected chi connectivity index (χ4v) is 4.34. The number of ether oxygens (including phenoxy) is 1. The number of benzene rings is 1. The van der Waals surface area contributed by atoms with Gasteiger partial charge in [-0.25, -0.2) is 0 Å². The summed E-state index contributed by atoms with van der Waals surface area (Å²) in [5, 5.41) is 6.72. The molecule has 29 heavy (non-hydrogen) atoms. The van der Waals surface area contributed by atoms with Crippen LogP contribution in [0.2, 0.25) is 0 Å². The largest absolute Gasteiger partial charge is 0.466 e. The second kappa shape index (κ2) is 14.8. The first-order valence-electron chi connectivity index (χ1n) is 10.2. The van der Waals surface area contributed by atoms with Crippen molar-refractivity contribution >= 4 is 46.7 Å². The lowest BCUT2D eigenvalue weighted by molar-refractivity contribution is -0.149. The minimum absolute atomic E-state index is 0. The van der Waals surface area contributed by atoms with E-state index in [4.69, 9.17) is 4.74 Å². The highest BCUT2D eigenvalue weighted by molar-refractivity contribution is 14.0. The molecule has 1 saturated carbocycles. The van der Waals surface area contributed by atoms with Crippen LogP contribution in [0, 0.1) is 5.92 Å². The van der Waals surface area contributed by atoms with Crippen molar-refractivity contribution in [2.24, 2.45) is 10.9 Å². The maximum Gasteiger partial charge on any atom is 0.308 e. The van der Waals surface area contributed by atoms with Crippen LogP contribution in [0.1, 0.15) is 45.1 Å². The first kappa shape index (κ1) is 25.9. The van der Waals surface area contributed by atoms with Crippen LogP contribution in [0.25, 0.3) is 0 Å². The van der Waals surface area contributed by atoms with E-state index in [9.17, 15) is 9.00 Å². The zero-order valence-corrected chi connectivity index (χ0v) is 20.5. The van der Waals surface area contributed by atoms with Gasteiger partial charge in [0.05, 0.1) is 19.1 Å². The molecule has 0 saturated heterocycles. The maximum atomic E-state index is 12.3. The summed E-state index contributed by atoms with van der Waals surface area (Å²) in [5.74, 6) is 1.83. The highest BCUT2D eigenvalue weighted by Crippen LogP contribution is 2.25. The number of guanidine groups is 1. The Morgan fingerprint density at radius 1 is 1.17 bits per heavy atom. The minimum Gasteiger partial charge on any atom is -0.466 e. The van der Waals surface area contributed by atoms with E-state index in [1.54, 1.807) is 0 Å². The third-order valence-electron chi connectivity index (χ3n) is 4.79. The van der Waals surface area contributed by atoms with Gasteiger partial charge >= 0.3 is 5.97 Å². The molecule has 0 aliphatic heterocycles. The normalized spacial score (nSPS) is 20.3. The Balaban J connectivity index is 0.00000420. The molecule has 2 rings (SSSR count). The molecular weight excluding hydrogens is 501 g/mol. The maximum absolute atomic E-state index is 12.3. The van der Waals surface area contributed by atoms with Crippen molar-refractivity contribution in [3.05, 3.63) is 35.9 Å². The van der Waals surface area contributed by atoms with Crippen molar-refractivity contribution in [1.82, 2.24) is 10.6 Å². The summed E-state index contributed by atoms with van der Waals surface area (Å²) in [7, 11) is -0.924. The predicted molar refractivity (Wildman–Crippen MR) is 130 cm³/mol. The lowest BCUT2D eigenvalue weighted by atomic mass is 9.86. The second-order valence-electron chi connectivity index (χ2n) is 6.98. The van der Waals surface area contributed by atoms with Gasteiger partial charge in [0.1, 0.15) is 0 Å². The van der Waals surface area contributed by atoms with Gasteiger partial charge in [-0.3, -0.25) is 14.0 Å². The van der Waals surface area contributed by atoms with E-state index in [0.717, 1.165) is 43.8 Å². The molecule has 0 radical (unpaired) electrons. The van der Waals surface area contributed by atoms with Crippen molar-refractivity contribution in [2.45, 2.75) is 51.3 Å². The molecule has 1 aromatic rings. The van der Waals surface area contributed by atoms with E-state index in [2.05, 4.69) is 15.6 Å². The van der Waals surface area contributed by atoms with E-state index in [1.807, 2.05) is 44.2 Å². The van der Waals surface area contributed by atoms with Gasteiger partial charge in [-0.1, -0.05) is 30.3 Å². The number of halogens is 1. The third kappa shape index (κ3) is 9.93. The number of nitrogens with one attached hydrogen (secondary N) is 2. The summed E-state index contributed by atoms with van der Waals surface area (Å²) in [4.78, 5) is 16.4. The van der Waals surface area contributed by atoms with Gasteiger partial charge in [0.2, 0.25) is 0 Å². The summed E-state index contributed by atoms with van der Waals surface area (Å²) >= 11 is 0. The molecule has 1 aromatic carbocycles. The standard InChI is InChI=1S/C21H33N3O3S.HI/c1-3-22-21(23-14-15-28(26)16-17-8-6-5-7-9-17)24-19-12-10-18(11-13-19)20(25)27-4-2;/h5-9,18-19H,3-4,10-16H2,1-2H3,(H2,22,23,24);1H. The molecule has 1 aliphatic carbocycles. The van der Waals surface area contributed by atoms with Gasteiger partial charge in [-0.15, -0.1) is 24.0 Å². The SMILES string of the molecule is CCNC(=NCCS(=O)Cc1ccccc1)NC1CCC(C(=O)OCC)CC1.I. The Kier molecular flexibility index (Phi) is 13.2. The van der Waals surface area contributed by atoms with Crippen LogP contribution in [0.15, 0.2) is 35.3 Å². The molecule has 0 aromatic heterocycles. The lowest BCUT2D eigenvalue weighted by Crippen LogP contribution is -2.45.